The predicted octanol–water partition coefficient (Wildman–Crippen LogP) is 2.29. The molecule has 0 saturated heterocycles. The van der Waals surface area contributed by atoms with E-state index in [1.54, 1.807) is 0 Å². The Morgan fingerprint density at radius 1 is 1.21 bits per heavy atom. The number of guanidine groups is 1. The number of hydrogen-bond acceptors (Lipinski definition) is 4. The maximum atomic E-state index is 4.44. The van der Waals surface area contributed by atoms with E-state index in [1.807, 2.05) is 12.3 Å². The van der Waals surface area contributed by atoms with Crippen LogP contribution < -0.4 is 10.6 Å². The maximum Gasteiger partial charge on any atom is 0.191 e. The summed E-state index contributed by atoms with van der Waals surface area (Å²) in [5.41, 5.74) is 2.26. The number of hydrogen-bond donors (Lipinski definition) is 2. The highest BCUT2D eigenvalue weighted by atomic mass is 127. The normalized spacial score (nSPS) is 14.2. The lowest BCUT2D eigenvalue weighted by Gasteiger charge is -2.16. The van der Waals surface area contributed by atoms with Crippen LogP contribution in [0.2, 0.25) is 0 Å². The van der Waals surface area contributed by atoms with Crippen molar-refractivity contribution >= 4 is 40.8 Å². The summed E-state index contributed by atoms with van der Waals surface area (Å²) >= 11 is 0. The van der Waals surface area contributed by atoms with Crippen LogP contribution in [0.5, 0.6) is 0 Å². The Hall–Kier alpha value is -1.37. The van der Waals surface area contributed by atoms with Crippen LogP contribution in [0, 0.1) is 0 Å². The molecule has 2 heterocycles. The zero-order chi connectivity index (χ0) is 12.2. The van der Waals surface area contributed by atoms with Crippen molar-refractivity contribution in [3.05, 3.63) is 42.1 Å². The third kappa shape index (κ3) is 3.34. The minimum atomic E-state index is 0. The summed E-state index contributed by atoms with van der Waals surface area (Å²) in [6.07, 6.45) is 2.95. The number of rotatable bonds is 2. The zero-order valence-corrected chi connectivity index (χ0v) is 12.9. The third-order valence-electron chi connectivity index (χ3n) is 3.06. The fourth-order valence-electron chi connectivity index (χ4n) is 2.14. The monoisotopic (exact) mass is 368 g/mol. The van der Waals surface area contributed by atoms with Gasteiger partial charge in [0.15, 0.2) is 5.96 Å². The number of halogens is 1. The highest BCUT2D eigenvalue weighted by Crippen LogP contribution is 2.15. The molecule has 0 bridgehead atoms. The molecular formula is C14H17IN4. The molecule has 2 aromatic rings. The minimum Gasteiger partial charge on any atom is -0.356 e. The van der Waals surface area contributed by atoms with Gasteiger partial charge >= 0.3 is 0 Å². The van der Waals surface area contributed by atoms with Crippen molar-refractivity contribution in [2.75, 3.05) is 13.1 Å². The van der Waals surface area contributed by atoms with Crippen LogP contribution in [-0.4, -0.2) is 24.0 Å². The SMILES string of the molecule is I.c1cnc2c(CNC3=NCCCN3)cccc2c1. The standard InChI is InChI=1S/C14H16N4.HI/c1-4-11-6-2-7-15-13(11)12(5-1)10-18-14-16-8-3-9-17-14;/h1-2,4-7H,3,8-10H2,(H2,16,17,18);1H. The van der Waals surface area contributed by atoms with Crippen molar-refractivity contribution in [2.45, 2.75) is 13.0 Å². The molecule has 0 spiro atoms. The van der Waals surface area contributed by atoms with E-state index < -0.39 is 0 Å². The Bertz CT molecular complexity index is 577. The van der Waals surface area contributed by atoms with E-state index >= 15 is 0 Å². The lowest BCUT2D eigenvalue weighted by Crippen LogP contribution is -2.40. The average molecular weight is 368 g/mol. The topological polar surface area (TPSA) is 49.3 Å². The van der Waals surface area contributed by atoms with Gasteiger partial charge in [-0.25, -0.2) is 0 Å². The molecule has 100 valence electrons. The number of aromatic nitrogens is 1. The van der Waals surface area contributed by atoms with E-state index in [-0.39, 0.29) is 24.0 Å². The maximum absolute atomic E-state index is 4.44. The van der Waals surface area contributed by atoms with Crippen molar-refractivity contribution in [1.29, 1.82) is 0 Å². The van der Waals surface area contributed by atoms with Gasteiger partial charge in [-0.1, -0.05) is 24.3 Å². The van der Waals surface area contributed by atoms with E-state index in [1.165, 1.54) is 10.9 Å². The Kier molecular flexibility index (Phi) is 4.95. The molecule has 19 heavy (non-hydrogen) atoms. The highest BCUT2D eigenvalue weighted by molar-refractivity contribution is 14.0. The first kappa shape index (κ1) is 14.0. The van der Waals surface area contributed by atoms with Crippen LogP contribution in [0.25, 0.3) is 10.9 Å². The van der Waals surface area contributed by atoms with Crippen LogP contribution in [0.3, 0.4) is 0 Å². The van der Waals surface area contributed by atoms with Crippen molar-refractivity contribution < 1.29 is 0 Å². The van der Waals surface area contributed by atoms with Gasteiger partial charge in [0.25, 0.3) is 0 Å². The molecule has 4 nitrogen and oxygen atoms in total. The second-order valence-electron chi connectivity index (χ2n) is 4.36. The van der Waals surface area contributed by atoms with Gasteiger partial charge in [0.05, 0.1) is 5.52 Å². The van der Waals surface area contributed by atoms with Crippen LogP contribution in [-0.2, 0) is 6.54 Å². The summed E-state index contributed by atoms with van der Waals surface area (Å²) in [4.78, 5) is 8.84. The molecule has 1 aromatic heterocycles. The van der Waals surface area contributed by atoms with Crippen LogP contribution >= 0.6 is 24.0 Å². The zero-order valence-electron chi connectivity index (χ0n) is 10.6. The van der Waals surface area contributed by atoms with Crippen molar-refractivity contribution in [1.82, 2.24) is 15.6 Å². The number of nitrogens with one attached hydrogen (secondary N) is 2. The molecule has 5 heteroatoms. The van der Waals surface area contributed by atoms with E-state index in [4.69, 9.17) is 0 Å². The molecule has 1 aromatic carbocycles. The number of aliphatic imine (C=N–C) groups is 1. The molecule has 0 amide bonds. The molecule has 1 aliphatic rings. The Morgan fingerprint density at radius 3 is 2.95 bits per heavy atom. The van der Waals surface area contributed by atoms with Crippen molar-refractivity contribution in [3.8, 4) is 0 Å². The average Bonchev–Trinajstić information content (AvgIpc) is 2.46. The van der Waals surface area contributed by atoms with Gasteiger partial charge in [0, 0.05) is 31.2 Å². The summed E-state index contributed by atoms with van der Waals surface area (Å²) in [5.74, 6) is 0.897. The molecule has 0 saturated carbocycles. The first-order valence-corrected chi connectivity index (χ1v) is 6.28. The van der Waals surface area contributed by atoms with E-state index in [0.717, 1.165) is 37.5 Å². The van der Waals surface area contributed by atoms with Crippen LogP contribution in [0.1, 0.15) is 12.0 Å². The number of benzene rings is 1. The minimum absolute atomic E-state index is 0. The smallest absolute Gasteiger partial charge is 0.191 e. The molecule has 0 fully saturated rings. The largest absolute Gasteiger partial charge is 0.356 e. The first-order chi connectivity index (χ1) is 8.93. The Balaban J connectivity index is 0.00000133. The summed E-state index contributed by atoms with van der Waals surface area (Å²) in [5, 5.41) is 7.76. The fraction of sp³-hybridized carbons (Fsp3) is 0.286. The lowest BCUT2D eigenvalue weighted by atomic mass is 10.1. The lowest BCUT2D eigenvalue weighted by molar-refractivity contribution is 0.702. The fourth-order valence-corrected chi connectivity index (χ4v) is 2.14. The van der Waals surface area contributed by atoms with Crippen LogP contribution in [0.15, 0.2) is 41.5 Å². The third-order valence-corrected chi connectivity index (χ3v) is 3.06. The second kappa shape index (κ2) is 6.70. The number of fused-ring (bicyclic) bond motifs is 1. The second-order valence-corrected chi connectivity index (χ2v) is 4.36. The Morgan fingerprint density at radius 2 is 2.11 bits per heavy atom. The van der Waals surface area contributed by atoms with Crippen molar-refractivity contribution in [3.63, 3.8) is 0 Å². The summed E-state index contributed by atoms with van der Waals surface area (Å²) in [7, 11) is 0. The van der Waals surface area contributed by atoms with E-state index in [0.29, 0.717) is 0 Å². The van der Waals surface area contributed by atoms with Gasteiger partial charge in [-0.3, -0.25) is 9.98 Å². The summed E-state index contributed by atoms with van der Waals surface area (Å²) < 4.78 is 0. The number of pyridine rings is 1. The molecule has 1 aliphatic heterocycles. The number of para-hydroxylation sites is 1. The quantitative estimate of drug-likeness (QED) is 0.800. The molecule has 0 radical (unpaired) electrons. The van der Waals surface area contributed by atoms with Gasteiger partial charge in [0.1, 0.15) is 0 Å². The molecule has 0 aliphatic carbocycles. The van der Waals surface area contributed by atoms with Gasteiger partial charge in [-0.2, -0.15) is 0 Å². The molecule has 2 N–H and O–H groups in total. The predicted molar refractivity (Wildman–Crippen MR) is 88.9 cm³/mol. The molecule has 3 rings (SSSR count). The van der Waals surface area contributed by atoms with Crippen molar-refractivity contribution in [2.24, 2.45) is 4.99 Å². The number of nitrogens with zero attached hydrogens (tertiary/aromatic N) is 2. The van der Waals surface area contributed by atoms with Gasteiger partial charge in [-0.15, -0.1) is 24.0 Å². The van der Waals surface area contributed by atoms with E-state index in [9.17, 15) is 0 Å². The van der Waals surface area contributed by atoms with Crippen LogP contribution in [0.4, 0.5) is 0 Å². The summed E-state index contributed by atoms with van der Waals surface area (Å²) in [6, 6.07) is 10.3. The van der Waals surface area contributed by atoms with Gasteiger partial charge in [0.2, 0.25) is 0 Å². The van der Waals surface area contributed by atoms with Gasteiger partial charge < -0.3 is 10.6 Å². The molecule has 0 atom stereocenters. The Labute approximate surface area is 129 Å². The first-order valence-electron chi connectivity index (χ1n) is 6.28. The highest BCUT2D eigenvalue weighted by Gasteiger charge is 2.05. The molecular weight excluding hydrogens is 351 g/mol. The van der Waals surface area contributed by atoms with Gasteiger partial charge in [-0.05, 0) is 18.1 Å². The molecule has 0 unspecified atom stereocenters. The van der Waals surface area contributed by atoms with E-state index in [2.05, 4.69) is 44.9 Å². The summed E-state index contributed by atoms with van der Waals surface area (Å²) in [6.45, 7) is 2.66.